The molecule has 218 valence electrons. The van der Waals surface area contributed by atoms with Gasteiger partial charge in [0.15, 0.2) is 0 Å². The molecule has 1 amide bonds. The second kappa shape index (κ2) is 10.4. The van der Waals surface area contributed by atoms with Crippen LogP contribution in [0.25, 0.3) is 0 Å². The predicted octanol–water partition coefficient (Wildman–Crippen LogP) is 1.74. The number of aliphatic hydroxyl groups is 4. The third-order valence-corrected chi connectivity index (χ3v) is 8.22. The molecule has 4 N–H and O–H groups in total. The van der Waals surface area contributed by atoms with Crippen LogP contribution >= 0.6 is 0 Å². The van der Waals surface area contributed by atoms with Gasteiger partial charge in [0.2, 0.25) is 6.29 Å². The first kappa shape index (κ1) is 28.4. The van der Waals surface area contributed by atoms with E-state index >= 15 is 0 Å². The zero-order chi connectivity index (χ0) is 28.3. The van der Waals surface area contributed by atoms with Gasteiger partial charge in [-0.3, -0.25) is 0 Å². The molecule has 0 aliphatic carbocycles. The number of ether oxygens (including phenoxy) is 5. The highest BCUT2D eigenvalue weighted by Crippen LogP contribution is 2.53. The van der Waals surface area contributed by atoms with Gasteiger partial charge in [-0.2, -0.15) is 0 Å². The molecule has 1 aromatic rings. The van der Waals surface area contributed by atoms with Crippen LogP contribution in [-0.4, -0.2) is 99.1 Å². The zero-order valence-corrected chi connectivity index (χ0v) is 23.1. The number of hydrogen-bond acceptors (Lipinski definition) is 10. The van der Waals surface area contributed by atoms with E-state index in [0.717, 1.165) is 18.4 Å². The number of aliphatic hydroxyl groups excluding tert-OH is 4. The van der Waals surface area contributed by atoms with Gasteiger partial charge < -0.3 is 49.0 Å². The molecule has 5 rings (SSSR count). The number of rotatable bonds is 3. The lowest BCUT2D eigenvalue weighted by atomic mass is 9.70. The number of nitrogens with zero attached hydrogens (tertiary/aromatic N) is 1. The van der Waals surface area contributed by atoms with Gasteiger partial charge in [0.25, 0.3) is 0 Å². The van der Waals surface area contributed by atoms with Crippen LogP contribution in [0.3, 0.4) is 0 Å². The topological polar surface area (TPSA) is 147 Å². The minimum atomic E-state index is -1.53. The monoisotopic (exact) mass is 551 g/mol. The molecule has 4 aliphatic rings. The Bertz CT molecular complexity index is 1060. The van der Waals surface area contributed by atoms with E-state index in [0.29, 0.717) is 24.6 Å². The van der Waals surface area contributed by atoms with Crippen LogP contribution in [0.2, 0.25) is 0 Å². The first-order valence-electron chi connectivity index (χ1n) is 13.7. The van der Waals surface area contributed by atoms with Crippen molar-refractivity contribution in [2.45, 2.75) is 102 Å². The number of fused-ring (bicyclic) bond motifs is 4. The summed E-state index contributed by atoms with van der Waals surface area (Å²) in [7, 11) is 0. The second-order valence-corrected chi connectivity index (χ2v) is 12.6. The first-order chi connectivity index (χ1) is 18.3. The third-order valence-electron chi connectivity index (χ3n) is 8.22. The van der Waals surface area contributed by atoms with E-state index < -0.39 is 48.5 Å². The smallest absolute Gasteiger partial charge is 0.410 e. The lowest BCUT2D eigenvalue weighted by Gasteiger charge is -2.53. The summed E-state index contributed by atoms with van der Waals surface area (Å²) in [4.78, 5) is 14.5. The molecule has 3 saturated heterocycles. The number of benzene rings is 1. The molecule has 11 heteroatoms. The largest absolute Gasteiger partial charge is 0.487 e. The van der Waals surface area contributed by atoms with Crippen LogP contribution in [0.5, 0.6) is 11.5 Å². The number of carbonyl (C=O) groups excluding carboxylic acids is 1. The number of likely N-dealkylation sites (tertiary alicyclic amines) is 1. The van der Waals surface area contributed by atoms with Crippen molar-refractivity contribution in [1.29, 1.82) is 0 Å². The molecule has 0 aromatic heterocycles. The van der Waals surface area contributed by atoms with Crippen molar-refractivity contribution in [1.82, 2.24) is 4.90 Å². The van der Waals surface area contributed by atoms with E-state index in [1.807, 2.05) is 40.7 Å². The molecule has 0 spiro atoms. The standard InChI is InChI=1S/C28H41NO10/c1-27(2,3)39-26(34)29-9-8-18-14(12-29)10-17-24(36-18)16-7-6-15(11-19(16)38-28(17,4)5)35-25-23(33)22(32)21(31)20(13-30)37-25/h6-7,11,14,17-18,20-25,30-33H,8-10,12-13H2,1-5H3/t14-,17+,18+,20-,21-,22+,23+,24-,25+/m0/s1. The summed E-state index contributed by atoms with van der Waals surface area (Å²) in [5, 5.41) is 39.9. The van der Waals surface area contributed by atoms with Crippen LogP contribution in [-0.2, 0) is 14.2 Å². The van der Waals surface area contributed by atoms with E-state index in [1.54, 1.807) is 17.0 Å². The molecule has 0 radical (unpaired) electrons. The van der Waals surface area contributed by atoms with Gasteiger partial charge in [-0.1, -0.05) is 0 Å². The summed E-state index contributed by atoms with van der Waals surface area (Å²) < 4.78 is 30.0. The van der Waals surface area contributed by atoms with Gasteiger partial charge in [0.05, 0.1) is 18.8 Å². The summed E-state index contributed by atoms with van der Waals surface area (Å²) in [6, 6.07) is 5.30. The molecule has 0 saturated carbocycles. The molecule has 39 heavy (non-hydrogen) atoms. The number of hydrogen-bond donors (Lipinski definition) is 4. The Hall–Kier alpha value is -2.15. The fourth-order valence-electron chi connectivity index (χ4n) is 6.15. The lowest BCUT2D eigenvalue weighted by molar-refractivity contribution is -0.277. The average molecular weight is 552 g/mol. The Morgan fingerprint density at radius 3 is 2.56 bits per heavy atom. The molecular formula is C28H41NO10. The van der Waals surface area contributed by atoms with Crippen molar-refractivity contribution in [3.8, 4) is 11.5 Å². The molecule has 4 aliphatic heterocycles. The Kier molecular flexibility index (Phi) is 7.53. The van der Waals surface area contributed by atoms with Gasteiger partial charge in [-0.05, 0) is 59.6 Å². The fraction of sp³-hybridized carbons (Fsp3) is 0.750. The second-order valence-electron chi connectivity index (χ2n) is 12.6. The molecule has 3 fully saturated rings. The highest BCUT2D eigenvalue weighted by molar-refractivity contribution is 5.68. The molecular weight excluding hydrogens is 510 g/mol. The van der Waals surface area contributed by atoms with Crippen LogP contribution < -0.4 is 9.47 Å². The number of carbonyl (C=O) groups is 1. The van der Waals surface area contributed by atoms with E-state index in [4.69, 9.17) is 23.7 Å². The maximum absolute atomic E-state index is 12.7. The molecule has 1 aromatic carbocycles. The van der Waals surface area contributed by atoms with E-state index in [2.05, 4.69) is 0 Å². The van der Waals surface area contributed by atoms with Gasteiger partial charge >= 0.3 is 6.09 Å². The minimum absolute atomic E-state index is 0.0109. The van der Waals surface area contributed by atoms with Crippen LogP contribution in [0.15, 0.2) is 18.2 Å². The normalized spacial score (nSPS) is 37.6. The zero-order valence-electron chi connectivity index (χ0n) is 23.1. The van der Waals surface area contributed by atoms with Crippen molar-refractivity contribution in [3.05, 3.63) is 23.8 Å². The number of amides is 1. The van der Waals surface area contributed by atoms with Gasteiger partial charge in [-0.25, -0.2) is 4.79 Å². The first-order valence-corrected chi connectivity index (χ1v) is 13.7. The highest BCUT2D eigenvalue weighted by Gasteiger charge is 2.52. The SMILES string of the molecule is CC(C)(C)OC(=O)N1CC[C@H]2O[C@H]3c4ccc(O[C@@H]5O[C@@H](CO)[C@H](O)[C@@H](O)[C@H]5O)cc4OC(C)(C)[C@@H]3C[C@H]2C1. The van der Waals surface area contributed by atoms with E-state index in [-0.39, 0.29) is 30.1 Å². The van der Waals surface area contributed by atoms with Crippen molar-refractivity contribution >= 4 is 6.09 Å². The van der Waals surface area contributed by atoms with Crippen LogP contribution in [0.1, 0.15) is 59.1 Å². The van der Waals surface area contributed by atoms with E-state index in [1.165, 1.54) is 0 Å². The molecule has 4 heterocycles. The van der Waals surface area contributed by atoms with Gasteiger partial charge in [0, 0.05) is 36.6 Å². The maximum atomic E-state index is 12.7. The maximum Gasteiger partial charge on any atom is 0.410 e. The molecule has 11 nitrogen and oxygen atoms in total. The quantitative estimate of drug-likeness (QED) is 0.438. The van der Waals surface area contributed by atoms with Crippen molar-refractivity contribution in [2.24, 2.45) is 11.8 Å². The van der Waals surface area contributed by atoms with E-state index in [9.17, 15) is 25.2 Å². The van der Waals surface area contributed by atoms with Crippen molar-refractivity contribution in [3.63, 3.8) is 0 Å². The van der Waals surface area contributed by atoms with Gasteiger partial charge in [-0.15, -0.1) is 0 Å². The lowest BCUT2D eigenvalue weighted by Crippen LogP contribution is -2.60. The average Bonchev–Trinajstić information content (AvgIpc) is 2.86. The Labute approximate surface area is 228 Å². The highest BCUT2D eigenvalue weighted by atomic mass is 16.7. The predicted molar refractivity (Wildman–Crippen MR) is 137 cm³/mol. The Morgan fingerprint density at radius 1 is 1.13 bits per heavy atom. The fourth-order valence-corrected chi connectivity index (χ4v) is 6.15. The summed E-state index contributed by atoms with van der Waals surface area (Å²) in [5.74, 6) is 1.16. The van der Waals surface area contributed by atoms with Crippen molar-refractivity contribution < 1.29 is 48.9 Å². The minimum Gasteiger partial charge on any atom is -0.487 e. The third kappa shape index (κ3) is 5.57. The summed E-state index contributed by atoms with van der Waals surface area (Å²) >= 11 is 0. The summed E-state index contributed by atoms with van der Waals surface area (Å²) in [6.45, 7) is 10.3. The Morgan fingerprint density at radius 2 is 1.87 bits per heavy atom. The molecule has 0 unspecified atom stereocenters. The summed E-state index contributed by atoms with van der Waals surface area (Å²) in [5.41, 5.74) is -0.219. The van der Waals surface area contributed by atoms with Crippen LogP contribution in [0.4, 0.5) is 4.79 Å². The summed E-state index contributed by atoms with van der Waals surface area (Å²) in [6.07, 6.45) is -5.76. The Balaban J connectivity index is 1.31. The van der Waals surface area contributed by atoms with Gasteiger partial charge in [0.1, 0.15) is 47.1 Å². The van der Waals surface area contributed by atoms with Crippen LogP contribution in [0, 0.1) is 11.8 Å². The number of piperidine rings is 1. The molecule has 9 atom stereocenters. The van der Waals surface area contributed by atoms with Crippen molar-refractivity contribution in [2.75, 3.05) is 19.7 Å². The molecule has 0 bridgehead atoms.